The summed E-state index contributed by atoms with van der Waals surface area (Å²) in [4.78, 5) is 26.8. The number of amides is 2. The molecule has 0 saturated carbocycles. The summed E-state index contributed by atoms with van der Waals surface area (Å²) in [5.41, 5.74) is 1.27. The lowest BCUT2D eigenvalue weighted by Gasteiger charge is -2.31. The SMILES string of the molecule is CC(=O)Nc1ccc(C(=O)N2CCCC(c3nnc(-c4cccs4)o3)C2)cc1. The van der Waals surface area contributed by atoms with E-state index >= 15 is 0 Å². The molecule has 3 aromatic rings. The Kier molecular flexibility index (Phi) is 5.21. The Hall–Kier alpha value is -3.00. The second-order valence-corrected chi connectivity index (χ2v) is 7.72. The van der Waals surface area contributed by atoms with Crippen molar-refractivity contribution in [2.24, 2.45) is 0 Å². The molecule has 1 N–H and O–H groups in total. The quantitative estimate of drug-likeness (QED) is 0.725. The molecule has 4 rings (SSSR count). The zero-order valence-corrected chi connectivity index (χ0v) is 16.2. The number of piperidine rings is 1. The van der Waals surface area contributed by atoms with Crippen molar-refractivity contribution >= 4 is 28.8 Å². The van der Waals surface area contributed by atoms with Crippen LogP contribution in [0.25, 0.3) is 10.8 Å². The predicted molar refractivity (Wildman–Crippen MR) is 106 cm³/mol. The monoisotopic (exact) mass is 396 g/mol. The number of benzene rings is 1. The molecule has 0 radical (unpaired) electrons. The Balaban J connectivity index is 1.44. The van der Waals surface area contributed by atoms with Gasteiger partial charge in [0.15, 0.2) is 0 Å². The van der Waals surface area contributed by atoms with Crippen molar-refractivity contribution in [2.75, 3.05) is 18.4 Å². The fourth-order valence-electron chi connectivity index (χ4n) is 3.34. The van der Waals surface area contributed by atoms with Gasteiger partial charge in [-0.1, -0.05) is 6.07 Å². The van der Waals surface area contributed by atoms with E-state index in [4.69, 9.17) is 4.42 Å². The van der Waals surface area contributed by atoms with Gasteiger partial charge in [0.2, 0.25) is 11.8 Å². The van der Waals surface area contributed by atoms with Gasteiger partial charge < -0.3 is 14.6 Å². The summed E-state index contributed by atoms with van der Waals surface area (Å²) < 4.78 is 5.86. The average Bonchev–Trinajstić information content (AvgIpc) is 3.39. The molecule has 1 saturated heterocycles. The highest BCUT2D eigenvalue weighted by atomic mass is 32.1. The van der Waals surface area contributed by atoms with Crippen molar-refractivity contribution in [2.45, 2.75) is 25.7 Å². The summed E-state index contributed by atoms with van der Waals surface area (Å²) in [6, 6.07) is 10.8. The fourth-order valence-corrected chi connectivity index (χ4v) is 3.99. The van der Waals surface area contributed by atoms with Crippen molar-refractivity contribution in [3.8, 4) is 10.8 Å². The van der Waals surface area contributed by atoms with Crippen molar-refractivity contribution in [3.63, 3.8) is 0 Å². The average molecular weight is 396 g/mol. The van der Waals surface area contributed by atoms with Gasteiger partial charge in [0.05, 0.1) is 10.8 Å². The first-order chi connectivity index (χ1) is 13.6. The van der Waals surface area contributed by atoms with E-state index in [1.807, 2.05) is 22.4 Å². The smallest absolute Gasteiger partial charge is 0.257 e. The summed E-state index contributed by atoms with van der Waals surface area (Å²) in [5, 5.41) is 13.0. The van der Waals surface area contributed by atoms with Gasteiger partial charge >= 0.3 is 0 Å². The van der Waals surface area contributed by atoms with E-state index in [2.05, 4.69) is 15.5 Å². The number of hydrogen-bond acceptors (Lipinski definition) is 6. The standard InChI is InChI=1S/C20H20N4O3S/c1-13(25)21-16-8-6-14(7-9-16)20(26)24-10-2-4-15(12-24)18-22-23-19(27-18)17-5-3-11-28-17/h3,5-9,11,15H,2,4,10,12H2,1H3,(H,21,25). The molecule has 8 heteroatoms. The first-order valence-corrected chi connectivity index (χ1v) is 10.0. The van der Waals surface area contributed by atoms with Crippen molar-refractivity contribution in [1.82, 2.24) is 15.1 Å². The predicted octanol–water partition coefficient (Wildman–Crippen LogP) is 3.78. The van der Waals surface area contributed by atoms with Crippen LogP contribution in [-0.4, -0.2) is 40.0 Å². The van der Waals surface area contributed by atoms with Gasteiger partial charge in [-0.3, -0.25) is 9.59 Å². The Bertz CT molecular complexity index is 966. The molecule has 1 aromatic carbocycles. The molecule has 2 amide bonds. The first kappa shape index (κ1) is 18.4. The summed E-state index contributed by atoms with van der Waals surface area (Å²) >= 11 is 1.56. The van der Waals surface area contributed by atoms with Crippen LogP contribution in [0.1, 0.15) is 41.9 Å². The van der Waals surface area contributed by atoms with Crippen molar-refractivity contribution in [1.29, 1.82) is 0 Å². The second kappa shape index (κ2) is 7.93. The summed E-state index contributed by atoms with van der Waals surface area (Å²) in [6.07, 6.45) is 1.80. The molecular weight excluding hydrogens is 376 g/mol. The first-order valence-electron chi connectivity index (χ1n) is 9.14. The van der Waals surface area contributed by atoms with Crippen LogP contribution < -0.4 is 5.32 Å². The van der Waals surface area contributed by atoms with Crippen LogP contribution in [0.4, 0.5) is 5.69 Å². The van der Waals surface area contributed by atoms with E-state index in [-0.39, 0.29) is 17.7 Å². The van der Waals surface area contributed by atoms with Crippen LogP contribution in [0, 0.1) is 0 Å². The lowest BCUT2D eigenvalue weighted by atomic mass is 9.97. The van der Waals surface area contributed by atoms with E-state index in [9.17, 15) is 9.59 Å². The van der Waals surface area contributed by atoms with E-state index in [1.54, 1.807) is 35.6 Å². The number of carbonyl (C=O) groups excluding carboxylic acids is 2. The summed E-state index contributed by atoms with van der Waals surface area (Å²) in [5.74, 6) is 0.984. The molecule has 7 nitrogen and oxygen atoms in total. The maximum atomic E-state index is 12.9. The highest BCUT2D eigenvalue weighted by Crippen LogP contribution is 2.30. The van der Waals surface area contributed by atoms with Crippen molar-refractivity contribution < 1.29 is 14.0 Å². The molecule has 144 valence electrons. The molecule has 0 aliphatic carbocycles. The van der Waals surface area contributed by atoms with Crippen LogP contribution >= 0.6 is 11.3 Å². The third-order valence-electron chi connectivity index (χ3n) is 4.68. The highest BCUT2D eigenvalue weighted by Gasteiger charge is 2.29. The second-order valence-electron chi connectivity index (χ2n) is 6.77. The topological polar surface area (TPSA) is 88.3 Å². The Morgan fingerprint density at radius 1 is 1.21 bits per heavy atom. The normalized spacial score (nSPS) is 16.8. The van der Waals surface area contributed by atoms with Gasteiger partial charge in [-0.2, -0.15) is 0 Å². The van der Waals surface area contributed by atoms with E-state index in [1.165, 1.54) is 6.92 Å². The third-order valence-corrected chi connectivity index (χ3v) is 5.54. The van der Waals surface area contributed by atoms with Gasteiger partial charge in [0.1, 0.15) is 0 Å². The number of anilines is 1. The van der Waals surface area contributed by atoms with Gasteiger partial charge in [0.25, 0.3) is 11.8 Å². The molecule has 28 heavy (non-hydrogen) atoms. The van der Waals surface area contributed by atoms with Crippen LogP contribution in [0.3, 0.4) is 0 Å². The molecule has 1 fully saturated rings. The van der Waals surface area contributed by atoms with Gasteiger partial charge in [-0.05, 0) is 48.6 Å². The minimum Gasteiger partial charge on any atom is -0.420 e. The number of rotatable bonds is 4. The van der Waals surface area contributed by atoms with Crippen LogP contribution in [0.2, 0.25) is 0 Å². The minimum atomic E-state index is -0.139. The summed E-state index contributed by atoms with van der Waals surface area (Å²) in [6.45, 7) is 2.71. The summed E-state index contributed by atoms with van der Waals surface area (Å²) in [7, 11) is 0. The van der Waals surface area contributed by atoms with Gasteiger partial charge in [0, 0.05) is 31.3 Å². The molecule has 2 aromatic heterocycles. The number of aromatic nitrogens is 2. The van der Waals surface area contributed by atoms with E-state index in [0.29, 0.717) is 36.1 Å². The fraction of sp³-hybridized carbons (Fsp3) is 0.300. The Labute approximate surface area is 166 Å². The number of likely N-dealkylation sites (tertiary alicyclic amines) is 1. The molecule has 1 aliphatic heterocycles. The van der Waals surface area contributed by atoms with Crippen molar-refractivity contribution in [3.05, 3.63) is 53.2 Å². The van der Waals surface area contributed by atoms with E-state index in [0.717, 1.165) is 17.7 Å². The molecular formula is C20H20N4O3S. The number of thiophene rings is 1. The van der Waals surface area contributed by atoms with Crippen LogP contribution in [0.15, 0.2) is 46.2 Å². The number of nitrogens with zero attached hydrogens (tertiary/aromatic N) is 3. The maximum absolute atomic E-state index is 12.9. The van der Waals surface area contributed by atoms with Gasteiger partial charge in [-0.15, -0.1) is 21.5 Å². The van der Waals surface area contributed by atoms with E-state index < -0.39 is 0 Å². The number of hydrogen-bond donors (Lipinski definition) is 1. The largest absolute Gasteiger partial charge is 0.420 e. The maximum Gasteiger partial charge on any atom is 0.257 e. The lowest BCUT2D eigenvalue weighted by Crippen LogP contribution is -2.39. The van der Waals surface area contributed by atoms with Gasteiger partial charge in [-0.25, -0.2) is 0 Å². The zero-order valence-electron chi connectivity index (χ0n) is 15.4. The minimum absolute atomic E-state index is 0.0305. The number of nitrogens with one attached hydrogen (secondary N) is 1. The third kappa shape index (κ3) is 3.96. The van der Waals surface area contributed by atoms with Crippen LogP contribution in [-0.2, 0) is 4.79 Å². The molecule has 0 bridgehead atoms. The molecule has 1 unspecified atom stereocenters. The number of carbonyl (C=O) groups is 2. The molecule has 3 heterocycles. The lowest BCUT2D eigenvalue weighted by molar-refractivity contribution is -0.114. The molecule has 1 atom stereocenters. The molecule has 0 spiro atoms. The Morgan fingerprint density at radius 3 is 2.75 bits per heavy atom. The van der Waals surface area contributed by atoms with Crippen LogP contribution in [0.5, 0.6) is 0 Å². The zero-order chi connectivity index (χ0) is 19.5. The highest BCUT2D eigenvalue weighted by molar-refractivity contribution is 7.13. The Morgan fingerprint density at radius 2 is 2.04 bits per heavy atom. The molecule has 1 aliphatic rings.